The lowest BCUT2D eigenvalue weighted by atomic mass is 10.2. The lowest BCUT2D eigenvalue weighted by molar-refractivity contribution is 0.598. The number of imidazole rings is 1. The second-order valence-corrected chi connectivity index (χ2v) is 6.41. The van der Waals surface area contributed by atoms with Crippen LogP contribution in [-0.4, -0.2) is 18.4 Å². The van der Waals surface area contributed by atoms with Crippen molar-refractivity contribution in [3.8, 4) is 0 Å². The molecule has 1 heterocycles. The molecular weight excluding hydrogens is 318 g/mol. The Hall–Kier alpha value is -1.34. The molecule has 2 N–H and O–H groups in total. The van der Waals surface area contributed by atoms with E-state index in [1.54, 1.807) is 19.1 Å². The summed E-state index contributed by atoms with van der Waals surface area (Å²) in [6.07, 6.45) is 1.29. The first kappa shape index (κ1) is 13.1. The maximum Gasteiger partial charge on any atom is 0.278 e. The number of rotatable bonds is 3. The third-order valence-electron chi connectivity index (χ3n) is 2.39. The van der Waals surface area contributed by atoms with Crippen molar-refractivity contribution in [1.82, 2.24) is 9.97 Å². The zero-order valence-corrected chi connectivity index (χ0v) is 12.3. The molecule has 0 atom stereocenters. The summed E-state index contributed by atoms with van der Waals surface area (Å²) in [5, 5.41) is 0.0525. The van der Waals surface area contributed by atoms with Crippen LogP contribution in [0.5, 0.6) is 0 Å². The van der Waals surface area contributed by atoms with Gasteiger partial charge in [0.2, 0.25) is 0 Å². The first-order valence-electron chi connectivity index (χ1n) is 5.19. The van der Waals surface area contributed by atoms with Crippen molar-refractivity contribution in [2.75, 3.05) is 4.72 Å². The van der Waals surface area contributed by atoms with Gasteiger partial charge >= 0.3 is 0 Å². The van der Waals surface area contributed by atoms with E-state index in [4.69, 9.17) is 0 Å². The minimum Gasteiger partial charge on any atom is -0.332 e. The lowest BCUT2D eigenvalue weighted by Gasteiger charge is -2.07. The lowest BCUT2D eigenvalue weighted by Crippen LogP contribution is -2.13. The molecule has 0 amide bonds. The number of sulfonamides is 1. The molecule has 1 aromatic heterocycles. The zero-order chi connectivity index (χ0) is 13.3. The minimum atomic E-state index is -3.61. The van der Waals surface area contributed by atoms with Crippen molar-refractivity contribution in [3.05, 3.63) is 40.3 Å². The fourth-order valence-electron chi connectivity index (χ4n) is 1.40. The van der Waals surface area contributed by atoms with Crippen molar-refractivity contribution in [2.24, 2.45) is 0 Å². The van der Waals surface area contributed by atoms with Gasteiger partial charge in [0.1, 0.15) is 5.82 Å². The van der Waals surface area contributed by atoms with Gasteiger partial charge in [0.25, 0.3) is 10.0 Å². The van der Waals surface area contributed by atoms with E-state index in [0.29, 0.717) is 11.5 Å². The molecule has 0 spiro atoms. The van der Waals surface area contributed by atoms with Crippen LogP contribution in [0.15, 0.2) is 33.9 Å². The Balaban J connectivity index is 2.30. The second-order valence-electron chi connectivity index (χ2n) is 3.90. The van der Waals surface area contributed by atoms with Crippen molar-refractivity contribution in [3.63, 3.8) is 0 Å². The number of hydrogen-bond donors (Lipinski definition) is 2. The first-order chi connectivity index (χ1) is 8.38. The molecule has 0 aliphatic rings. The summed E-state index contributed by atoms with van der Waals surface area (Å²) in [6, 6.07) is 5.26. The minimum absolute atomic E-state index is 0.0525. The standard InChI is InChI=1S/C11H12BrN3O2S/c1-7-3-4-9(5-10(7)12)15-18(16,17)11-6-13-8(2)14-11/h3-6,15H,1-2H3,(H,13,14). The Morgan fingerprint density at radius 3 is 2.61 bits per heavy atom. The molecule has 2 aromatic rings. The first-order valence-corrected chi connectivity index (χ1v) is 7.47. The molecule has 0 saturated heterocycles. The highest BCUT2D eigenvalue weighted by molar-refractivity contribution is 9.10. The molecular formula is C11H12BrN3O2S. The number of aromatic amines is 1. The highest BCUT2D eigenvalue weighted by atomic mass is 79.9. The quantitative estimate of drug-likeness (QED) is 0.908. The number of halogens is 1. The molecule has 0 aliphatic carbocycles. The highest BCUT2D eigenvalue weighted by Crippen LogP contribution is 2.22. The Kier molecular flexibility index (Phi) is 3.45. The summed E-state index contributed by atoms with van der Waals surface area (Å²) in [6.45, 7) is 3.63. The van der Waals surface area contributed by atoms with Crippen LogP contribution in [-0.2, 0) is 10.0 Å². The van der Waals surface area contributed by atoms with Gasteiger partial charge in [-0.3, -0.25) is 4.72 Å². The van der Waals surface area contributed by atoms with Crippen LogP contribution >= 0.6 is 15.9 Å². The van der Waals surface area contributed by atoms with Crippen LogP contribution in [0.3, 0.4) is 0 Å². The molecule has 0 radical (unpaired) electrons. The van der Waals surface area contributed by atoms with E-state index in [9.17, 15) is 8.42 Å². The summed E-state index contributed by atoms with van der Waals surface area (Å²) < 4.78 is 27.4. The highest BCUT2D eigenvalue weighted by Gasteiger charge is 2.16. The monoisotopic (exact) mass is 329 g/mol. The van der Waals surface area contributed by atoms with Crippen molar-refractivity contribution >= 4 is 31.6 Å². The summed E-state index contributed by atoms with van der Waals surface area (Å²) in [5.41, 5.74) is 1.54. The Labute approximate surface area is 114 Å². The van der Waals surface area contributed by atoms with Gasteiger partial charge in [0, 0.05) is 4.47 Å². The number of H-pyrrole nitrogens is 1. The molecule has 7 heteroatoms. The topological polar surface area (TPSA) is 74.8 Å². The molecule has 1 aromatic carbocycles. The third kappa shape index (κ3) is 2.73. The fraction of sp³-hybridized carbons (Fsp3) is 0.182. The second kappa shape index (κ2) is 4.74. The molecule has 0 aliphatic heterocycles. The van der Waals surface area contributed by atoms with E-state index < -0.39 is 10.0 Å². The van der Waals surface area contributed by atoms with Gasteiger partial charge in [0.05, 0.1) is 11.9 Å². The SMILES string of the molecule is Cc1ncc(S(=O)(=O)Nc2ccc(C)c(Br)c2)[nH]1. The van der Waals surface area contributed by atoms with E-state index in [1.807, 2.05) is 13.0 Å². The smallest absolute Gasteiger partial charge is 0.278 e. The molecule has 18 heavy (non-hydrogen) atoms. The molecule has 0 unspecified atom stereocenters. The number of anilines is 1. The van der Waals surface area contributed by atoms with Gasteiger partial charge in [-0.25, -0.2) is 4.98 Å². The van der Waals surface area contributed by atoms with Crippen LogP contribution in [0.25, 0.3) is 0 Å². The Bertz CT molecular complexity index is 679. The van der Waals surface area contributed by atoms with Gasteiger partial charge in [-0.05, 0) is 31.5 Å². The maximum atomic E-state index is 12.0. The summed E-state index contributed by atoms with van der Waals surface area (Å²) in [5.74, 6) is 0.556. The number of nitrogens with zero attached hydrogens (tertiary/aromatic N) is 1. The summed E-state index contributed by atoms with van der Waals surface area (Å²) in [7, 11) is -3.61. The Morgan fingerprint density at radius 2 is 2.06 bits per heavy atom. The van der Waals surface area contributed by atoms with E-state index in [-0.39, 0.29) is 5.03 Å². The van der Waals surface area contributed by atoms with E-state index >= 15 is 0 Å². The van der Waals surface area contributed by atoms with Crippen LogP contribution in [0, 0.1) is 13.8 Å². The molecule has 5 nitrogen and oxygen atoms in total. The normalized spacial score (nSPS) is 11.5. The Morgan fingerprint density at radius 1 is 1.33 bits per heavy atom. The van der Waals surface area contributed by atoms with Crippen molar-refractivity contribution < 1.29 is 8.42 Å². The van der Waals surface area contributed by atoms with Crippen LogP contribution < -0.4 is 4.72 Å². The largest absolute Gasteiger partial charge is 0.332 e. The van der Waals surface area contributed by atoms with Crippen molar-refractivity contribution in [2.45, 2.75) is 18.9 Å². The number of hydrogen-bond acceptors (Lipinski definition) is 3. The third-order valence-corrected chi connectivity index (χ3v) is 4.54. The predicted octanol–water partition coefficient (Wildman–Crippen LogP) is 2.59. The zero-order valence-electron chi connectivity index (χ0n) is 9.86. The molecule has 96 valence electrons. The van der Waals surface area contributed by atoms with Crippen LogP contribution in [0.2, 0.25) is 0 Å². The summed E-state index contributed by atoms with van der Waals surface area (Å²) in [4.78, 5) is 6.56. The van der Waals surface area contributed by atoms with Gasteiger partial charge in [-0.2, -0.15) is 8.42 Å². The van der Waals surface area contributed by atoms with Gasteiger partial charge in [0.15, 0.2) is 5.03 Å². The average Bonchev–Trinajstić information content (AvgIpc) is 2.71. The molecule has 2 rings (SSSR count). The van der Waals surface area contributed by atoms with E-state index in [1.165, 1.54) is 6.20 Å². The molecule has 0 fully saturated rings. The number of aryl methyl sites for hydroxylation is 2. The van der Waals surface area contributed by atoms with Gasteiger partial charge in [-0.15, -0.1) is 0 Å². The number of benzene rings is 1. The fourth-order valence-corrected chi connectivity index (χ4v) is 2.80. The predicted molar refractivity (Wildman–Crippen MR) is 73.0 cm³/mol. The van der Waals surface area contributed by atoms with Gasteiger partial charge in [-0.1, -0.05) is 22.0 Å². The average molecular weight is 330 g/mol. The summed E-state index contributed by atoms with van der Waals surface area (Å²) >= 11 is 3.36. The number of aromatic nitrogens is 2. The molecule has 0 bridgehead atoms. The maximum absolute atomic E-state index is 12.0. The van der Waals surface area contributed by atoms with E-state index in [0.717, 1.165) is 10.0 Å². The van der Waals surface area contributed by atoms with E-state index in [2.05, 4.69) is 30.6 Å². The van der Waals surface area contributed by atoms with Crippen LogP contribution in [0.4, 0.5) is 5.69 Å². The van der Waals surface area contributed by atoms with Crippen molar-refractivity contribution in [1.29, 1.82) is 0 Å². The van der Waals surface area contributed by atoms with Crippen LogP contribution in [0.1, 0.15) is 11.4 Å². The molecule has 0 saturated carbocycles. The van der Waals surface area contributed by atoms with Gasteiger partial charge < -0.3 is 4.98 Å². The number of nitrogens with one attached hydrogen (secondary N) is 2.